The Morgan fingerprint density at radius 3 is 2.46 bits per heavy atom. The number of ether oxygens (including phenoxy) is 1. The lowest BCUT2D eigenvalue weighted by Crippen LogP contribution is -2.14. The number of aryl methyl sites for hydroxylation is 2. The topological polar surface area (TPSA) is 81.2 Å². The smallest absolute Gasteiger partial charge is 0.331 e. The van der Waals surface area contributed by atoms with Gasteiger partial charge in [0, 0.05) is 34.8 Å². The van der Waals surface area contributed by atoms with Gasteiger partial charge in [-0.25, -0.2) is 4.79 Å². The molecule has 1 N–H and O–H groups in total. The van der Waals surface area contributed by atoms with Crippen LogP contribution in [0.15, 0.2) is 12.1 Å². The molecule has 0 saturated heterocycles. The number of hydrogen-bond acceptors (Lipinski definition) is 4. The minimum Gasteiger partial charge on any atom is -0.454 e. The highest BCUT2D eigenvalue weighted by molar-refractivity contribution is 6.04. The highest BCUT2D eigenvalue weighted by Crippen LogP contribution is 2.38. The van der Waals surface area contributed by atoms with Gasteiger partial charge in [0.2, 0.25) is 5.78 Å². The van der Waals surface area contributed by atoms with Crippen LogP contribution in [0.4, 0.5) is 0 Å². The normalized spacial score (nSPS) is 13.9. The molecule has 6 heteroatoms. The lowest BCUT2D eigenvalue weighted by Gasteiger charge is -2.06. The molecule has 1 aliphatic carbocycles. The van der Waals surface area contributed by atoms with Crippen LogP contribution in [0.1, 0.15) is 74.9 Å². The van der Waals surface area contributed by atoms with Crippen molar-refractivity contribution in [1.82, 2.24) is 9.55 Å². The highest BCUT2D eigenvalue weighted by atomic mass is 16.5. The summed E-state index contributed by atoms with van der Waals surface area (Å²) in [6.45, 7) is 8.65. The predicted octanol–water partition coefficient (Wildman–Crippen LogP) is 4.03. The van der Waals surface area contributed by atoms with Crippen LogP contribution in [0.25, 0.3) is 6.08 Å². The fourth-order valence-electron chi connectivity index (χ4n) is 3.84. The third-order valence-corrected chi connectivity index (χ3v) is 5.25. The molecular formula is C22H26N2O4. The standard InChI is InChI=1S/C22H26N2O4/c1-12-10-17(15(4)24(12)18-7-8-18)6-9-20(27)28-11-19(26)22-13(2)21(16(5)25)14(3)23-22/h6,9-10,18,23H,7-8,11H2,1-5H3/b9-6+. The lowest BCUT2D eigenvalue weighted by atomic mass is 10.1. The molecule has 6 nitrogen and oxygen atoms in total. The van der Waals surface area contributed by atoms with Crippen molar-refractivity contribution in [3.8, 4) is 0 Å². The molecule has 148 valence electrons. The molecule has 0 radical (unpaired) electrons. The van der Waals surface area contributed by atoms with E-state index < -0.39 is 5.97 Å². The summed E-state index contributed by atoms with van der Waals surface area (Å²) in [7, 11) is 0. The van der Waals surface area contributed by atoms with E-state index in [1.807, 2.05) is 6.92 Å². The first kappa shape index (κ1) is 19.9. The Labute approximate surface area is 164 Å². The minimum absolute atomic E-state index is 0.103. The Morgan fingerprint density at radius 1 is 1.21 bits per heavy atom. The van der Waals surface area contributed by atoms with Gasteiger partial charge in [-0.05, 0) is 70.7 Å². The number of rotatable bonds is 7. The van der Waals surface area contributed by atoms with Crippen LogP contribution >= 0.6 is 0 Å². The third-order valence-electron chi connectivity index (χ3n) is 5.25. The molecule has 2 aromatic heterocycles. The number of aromatic amines is 1. The number of nitrogens with zero attached hydrogens (tertiary/aromatic N) is 1. The van der Waals surface area contributed by atoms with Gasteiger partial charge in [-0.1, -0.05) is 0 Å². The zero-order valence-corrected chi connectivity index (χ0v) is 17.0. The number of carbonyl (C=O) groups excluding carboxylic acids is 3. The van der Waals surface area contributed by atoms with Crippen molar-refractivity contribution in [2.24, 2.45) is 0 Å². The molecule has 2 heterocycles. The summed E-state index contributed by atoms with van der Waals surface area (Å²) < 4.78 is 7.40. The summed E-state index contributed by atoms with van der Waals surface area (Å²) in [5.74, 6) is -1.03. The van der Waals surface area contributed by atoms with Gasteiger partial charge in [-0.15, -0.1) is 0 Å². The first-order chi connectivity index (χ1) is 13.2. The summed E-state index contributed by atoms with van der Waals surface area (Å²) in [5, 5.41) is 0. The van der Waals surface area contributed by atoms with Gasteiger partial charge >= 0.3 is 5.97 Å². The van der Waals surface area contributed by atoms with Crippen LogP contribution in [0, 0.1) is 27.7 Å². The molecule has 0 bridgehead atoms. The van der Waals surface area contributed by atoms with E-state index in [1.165, 1.54) is 31.5 Å². The van der Waals surface area contributed by atoms with E-state index in [0.29, 0.717) is 28.6 Å². The van der Waals surface area contributed by atoms with Crippen LogP contribution in [0.2, 0.25) is 0 Å². The number of carbonyl (C=O) groups is 3. The Bertz CT molecular complexity index is 987. The van der Waals surface area contributed by atoms with Crippen LogP contribution in [0.5, 0.6) is 0 Å². The summed E-state index contributed by atoms with van der Waals surface area (Å²) in [6, 6.07) is 2.64. The van der Waals surface area contributed by atoms with Crippen molar-refractivity contribution >= 4 is 23.6 Å². The molecule has 2 aromatic rings. The van der Waals surface area contributed by atoms with E-state index in [4.69, 9.17) is 4.74 Å². The van der Waals surface area contributed by atoms with Gasteiger partial charge in [0.25, 0.3) is 0 Å². The van der Waals surface area contributed by atoms with E-state index in [1.54, 1.807) is 19.9 Å². The van der Waals surface area contributed by atoms with Crippen molar-refractivity contribution in [3.63, 3.8) is 0 Å². The number of aromatic nitrogens is 2. The Balaban J connectivity index is 1.62. The number of nitrogens with one attached hydrogen (secondary N) is 1. The molecule has 0 amide bonds. The maximum atomic E-state index is 12.4. The number of Topliss-reactive ketones (excluding diaryl/α,β-unsaturated/α-hetero) is 2. The lowest BCUT2D eigenvalue weighted by molar-refractivity contribution is -0.136. The average molecular weight is 382 g/mol. The summed E-state index contributed by atoms with van der Waals surface area (Å²) >= 11 is 0. The number of hydrogen-bond donors (Lipinski definition) is 1. The maximum Gasteiger partial charge on any atom is 0.331 e. The minimum atomic E-state index is -0.572. The molecule has 0 atom stereocenters. The molecule has 1 aliphatic rings. The van der Waals surface area contributed by atoms with Gasteiger partial charge in [0.05, 0.1) is 5.69 Å². The first-order valence-electron chi connectivity index (χ1n) is 9.47. The van der Waals surface area contributed by atoms with Gasteiger partial charge in [0.15, 0.2) is 12.4 Å². The summed E-state index contributed by atoms with van der Waals surface area (Å²) in [6.07, 6.45) is 5.48. The number of ketones is 2. The molecule has 0 spiro atoms. The zero-order valence-electron chi connectivity index (χ0n) is 17.0. The second kappa shape index (κ2) is 7.62. The van der Waals surface area contributed by atoms with Crippen molar-refractivity contribution < 1.29 is 19.1 Å². The average Bonchev–Trinajstić information content (AvgIpc) is 3.34. The molecule has 0 aliphatic heterocycles. The fourth-order valence-corrected chi connectivity index (χ4v) is 3.84. The van der Waals surface area contributed by atoms with Crippen LogP contribution < -0.4 is 0 Å². The Kier molecular flexibility index (Phi) is 5.40. The van der Waals surface area contributed by atoms with Crippen LogP contribution in [-0.4, -0.2) is 33.7 Å². The molecule has 0 unspecified atom stereocenters. The molecule has 28 heavy (non-hydrogen) atoms. The van der Waals surface area contributed by atoms with Crippen LogP contribution in [-0.2, 0) is 9.53 Å². The molecule has 3 rings (SSSR count). The number of esters is 1. The quantitative estimate of drug-likeness (QED) is 0.445. The van der Waals surface area contributed by atoms with Gasteiger partial charge in [-0.3, -0.25) is 9.59 Å². The van der Waals surface area contributed by atoms with E-state index in [2.05, 4.69) is 22.5 Å². The molecular weight excluding hydrogens is 356 g/mol. The first-order valence-corrected chi connectivity index (χ1v) is 9.47. The predicted molar refractivity (Wildman–Crippen MR) is 107 cm³/mol. The Morgan fingerprint density at radius 2 is 1.89 bits per heavy atom. The molecule has 1 fully saturated rings. The second-order valence-corrected chi connectivity index (χ2v) is 7.47. The van der Waals surface area contributed by atoms with Gasteiger partial charge in [0.1, 0.15) is 0 Å². The zero-order chi connectivity index (χ0) is 20.6. The third kappa shape index (κ3) is 3.86. The Hall–Kier alpha value is -2.89. The van der Waals surface area contributed by atoms with E-state index in [-0.39, 0.29) is 18.2 Å². The fraction of sp³-hybridized carbons (Fsp3) is 0.409. The number of H-pyrrole nitrogens is 1. The van der Waals surface area contributed by atoms with Crippen molar-refractivity contribution in [1.29, 1.82) is 0 Å². The summed E-state index contributed by atoms with van der Waals surface area (Å²) in [4.78, 5) is 39.0. The van der Waals surface area contributed by atoms with Crippen molar-refractivity contribution in [3.05, 3.63) is 51.6 Å². The maximum absolute atomic E-state index is 12.4. The SMILES string of the molecule is CC(=O)c1c(C)[nH]c(C(=O)COC(=O)/C=C/c2cc(C)n(C3CC3)c2C)c1C. The van der Waals surface area contributed by atoms with E-state index >= 15 is 0 Å². The van der Waals surface area contributed by atoms with Crippen molar-refractivity contribution in [2.75, 3.05) is 6.61 Å². The summed E-state index contributed by atoms with van der Waals surface area (Å²) in [5.41, 5.74) is 5.36. The molecule has 1 saturated carbocycles. The largest absolute Gasteiger partial charge is 0.454 e. The van der Waals surface area contributed by atoms with Gasteiger partial charge < -0.3 is 14.3 Å². The van der Waals surface area contributed by atoms with Crippen LogP contribution in [0.3, 0.4) is 0 Å². The van der Waals surface area contributed by atoms with Gasteiger partial charge in [-0.2, -0.15) is 0 Å². The van der Waals surface area contributed by atoms with E-state index in [9.17, 15) is 14.4 Å². The van der Waals surface area contributed by atoms with E-state index in [0.717, 1.165) is 11.3 Å². The molecule has 0 aromatic carbocycles. The highest BCUT2D eigenvalue weighted by Gasteiger charge is 2.26. The van der Waals surface area contributed by atoms with Crippen molar-refractivity contribution in [2.45, 2.75) is 53.5 Å². The monoisotopic (exact) mass is 382 g/mol. The second-order valence-electron chi connectivity index (χ2n) is 7.47.